The second-order valence-electron chi connectivity index (χ2n) is 4.83. The molecule has 0 aliphatic heterocycles. The average Bonchev–Trinajstić information content (AvgIpc) is 2.47. The van der Waals surface area contributed by atoms with Crippen LogP contribution in [-0.4, -0.2) is 13.7 Å². The van der Waals surface area contributed by atoms with Crippen molar-refractivity contribution in [2.45, 2.75) is 19.4 Å². The first kappa shape index (κ1) is 15.1. The second-order valence-corrected chi connectivity index (χ2v) is 5.75. The van der Waals surface area contributed by atoms with Gasteiger partial charge in [0.05, 0.1) is 7.11 Å². The van der Waals surface area contributed by atoms with Crippen LogP contribution in [0.2, 0.25) is 0 Å². The zero-order valence-corrected chi connectivity index (χ0v) is 13.5. The summed E-state index contributed by atoms with van der Waals surface area (Å²) in [6.45, 7) is 3.13. The molecule has 1 atom stereocenters. The smallest absolute Gasteiger partial charge is 0.119 e. The number of hydrogen-bond acceptors (Lipinski definition) is 2. The number of methoxy groups -OCH3 is 1. The van der Waals surface area contributed by atoms with E-state index in [0.717, 1.165) is 23.2 Å². The van der Waals surface area contributed by atoms with Gasteiger partial charge in [0.15, 0.2) is 0 Å². The van der Waals surface area contributed by atoms with E-state index in [0.29, 0.717) is 6.04 Å². The lowest BCUT2D eigenvalue weighted by molar-refractivity contribution is 0.414. The maximum atomic E-state index is 5.24. The SMILES string of the molecule is COc1cccc(CCNC(C)c2cccc(Br)c2)c1. The maximum Gasteiger partial charge on any atom is 0.119 e. The number of nitrogens with one attached hydrogen (secondary N) is 1. The van der Waals surface area contributed by atoms with Crippen molar-refractivity contribution in [3.63, 3.8) is 0 Å². The minimum Gasteiger partial charge on any atom is -0.497 e. The molecule has 0 bridgehead atoms. The van der Waals surface area contributed by atoms with Crippen LogP contribution in [0.4, 0.5) is 0 Å². The van der Waals surface area contributed by atoms with Gasteiger partial charge in [-0.05, 0) is 55.3 Å². The van der Waals surface area contributed by atoms with Gasteiger partial charge in [0, 0.05) is 10.5 Å². The van der Waals surface area contributed by atoms with E-state index in [1.165, 1.54) is 11.1 Å². The van der Waals surface area contributed by atoms with Crippen LogP contribution in [0.15, 0.2) is 53.0 Å². The van der Waals surface area contributed by atoms with Crippen LogP contribution in [0, 0.1) is 0 Å². The van der Waals surface area contributed by atoms with Crippen LogP contribution in [-0.2, 0) is 6.42 Å². The minimum absolute atomic E-state index is 0.345. The summed E-state index contributed by atoms with van der Waals surface area (Å²) in [5, 5.41) is 3.55. The molecule has 0 aliphatic rings. The molecule has 2 aromatic carbocycles. The first-order valence-corrected chi connectivity index (χ1v) is 7.60. The summed E-state index contributed by atoms with van der Waals surface area (Å²) in [6, 6.07) is 17.0. The van der Waals surface area contributed by atoms with E-state index < -0.39 is 0 Å². The highest BCUT2D eigenvalue weighted by Crippen LogP contribution is 2.18. The monoisotopic (exact) mass is 333 g/mol. The van der Waals surface area contributed by atoms with Gasteiger partial charge in [0.2, 0.25) is 0 Å². The van der Waals surface area contributed by atoms with Gasteiger partial charge < -0.3 is 10.1 Å². The summed E-state index contributed by atoms with van der Waals surface area (Å²) in [5.41, 5.74) is 2.59. The molecule has 0 saturated carbocycles. The maximum absolute atomic E-state index is 5.24. The van der Waals surface area contributed by atoms with E-state index >= 15 is 0 Å². The predicted molar refractivity (Wildman–Crippen MR) is 87.3 cm³/mol. The Morgan fingerprint density at radius 1 is 1.15 bits per heavy atom. The van der Waals surface area contributed by atoms with Crippen molar-refractivity contribution in [1.82, 2.24) is 5.32 Å². The topological polar surface area (TPSA) is 21.3 Å². The zero-order chi connectivity index (χ0) is 14.4. The van der Waals surface area contributed by atoms with E-state index in [1.807, 2.05) is 18.2 Å². The largest absolute Gasteiger partial charge is 0.497 e. The van der Waals surface area contributed by atoms with Crippen molar-refractivity contribution in [2.75, 3.05) is 13.7 Å². The molecule has 0 heterocycles. The molecule has 0 amide bonds. The molecule has 0 saturated heterocycles. The molecule has 2 rings (SSSR count). The van der Waals surface area contributed by atoms with Crippen molar-refractivity contribution < 1.29 is 4.74 Å². The molecule has 0 aliphatic carbocycles. The molecule has 106 valence electrons. The third-order valence-corrected chi connectivity index (χ3v) is 3.84. The Hall–Kier alpha value is -1.32. The molecule has 0 fully saturated rings. The third-order valence-electron chi connectivity index (χ3n) is 3.35. The average molecular weight is 334 g/mol. The van der Waals surface area contributed by atoms with Crippen molar-refractivity contribution in [3.8, 4) is 5.75 Å². The van der Waals surface area contributed by atoms with Crippen LogP contribution in [0.3, 0.4) is 0 Å². The quantitative estimate of drug-likeness (QED) is 0.848. The Morgan fingerprint density at radius 2 is 1.95 bits per heavy atom. The summed E-state index contributed by atoms with van der Waals surface area (Å²) in [4.78, 5) is 0. The molecular formula is C17H20BrNO. The molecule has 1 N–H and O–H groups in total. The lowest BCUT2D eigenvalue weighted by atomic mass is 10.1. The summed E-state index contributed by atoms with van der Waals surface area (Å²) in [5.74, 6) is 0.919. The van der Waals surface area contributed by atoms with Gasteiger partial charge in [0.1, 0.15) is 5.75 Å². The Balaban J connectivity index is 1.86. The van der Waals surface area contributed by atoms with Crippen molar-refractivity contribution >= 4 is 15.9 Å². The minimum atomic E-state index is 0.345. The standard InChI is InChI=1S/C17H20BrNO/c1-13(15-6-4-7-16(18)12-15)19-10-9-14-5-3-8-17(11-14)20-2/h3-8,11-13,19H,9-10H2,1-2H3. The van der Waals surface area contributed by atoms with Gasteiger partial charge in [-0.3, -0.25) is 0 Å². The third kappa shape index (κ3) is 4.36. The van der Waals surface area contributed by atoms with Crippen molar-refractivity contribution in [3.05, 3.63) is 64.1 Å². The molecular weight excluding hydrogens is 314 g/mol. The fourth-order valence-electron chi connectivity index (χ4n) is 2.15. The van der Waals surface area contributed by atoms with Gasteiger partial charge >= 0.3 is 0 Å². The van der Waals surface area contributed by atoms with E-state index in [1.54, 1.807) is 7.11 Å². The molecule has 2 aromatic rings. The summed E-state index contributed by atoms with van der Waals surface area (Å²) in [6.07, 6.45) is 0.996. The molecule has 0 aromatic heterocycles. The predicted octanol–water partition coefficient (Wildman–Crippen LogP) is 4.35. The normalized spacial score (nSPS) is 12.2. The number of hydrogen-bond donors (Lipinski definition) is 1. The number of rotatable bonds is 6. The Morgan fingerprint density at radius 3 is 2.70 bits per heavy atom. The summed E-state index contributed by atoms with van der Waals surface area (Å²) in [7, 11) is 1.70. The fraction of sp³-hybridized carbons (Fsp3) is 0.294. The molecule has 2 nitrogen and oxygen atoms in total. The van der Waals surface area contributed by atoms with Gasteiger partial charge in [-0.1, -0.05) is 40.2 Å². The first-order chi connectivity index (χ1) is 9.69. The van der Waals surface area contributed by atoms with Crippen LogP contribution in [0.1, 0.15) is 24.1 Å². The number of ether oxygens (including phenoxy) is 1. The highest BCUT2D eigenvalue weighted by atomic mass is 79.9. The fourth-order valence-corrected chi connectivity index (χ4v) is 2.57. The molecule has 1 unspecified atom stereocenters. The van der Waals surface area contributed by atoms with Gasteiger partial charge in [-0.15, -0.1) is 0 Å². The Bertz CT molecular complexity index is 556. The first-order valence-electron chi connectivity index (χ1n) is 6.81. The van der Waals surface area contributed by atoms with E-state index in [4.69, 9.17) is 4.74 Å². The van der Waals surface area contributed by atoms with Crippen LogP contribution in [0.25, 0.3) is 0 Å². The number of benzene rings is 2. The van der Waals surface area contributed by atoms with E-state index in [-0.39, 0.29) is 0 Å². The van der Waals surface area contributed by atoms with Gasteiger partial charge in [0.25, 0.3) is 0 Å². The lowest BCUT2D eigenvalue weighted by Crippen LogP contribution is -2.21. The molecule has 0 spiro atoms. The second kappa shape index (κ2) is 7.46. The number of halogens is 1. The molecule has 3 heteroatoms. The van der Waals surface area contributed by atoms with Crippen molar-refractivity contribution in [1.29, 1.82) is 0 Å². The van der Waals surface area contributed by atoms with Crippen molar-refractivity contribution in [2.24, 2.45) is 0 Å². The Labute approximate surface area is 129 Å². The highest BCUT2D eigenvalue weighted by Gasteiger charge is 2.05. The molecule has 20 heavy (non-hydrogen) atoms. The highest BCUT2D eigenvalue weighted by molar-refractivity contribution is 9.10. The van der Waals surface area contributed by atoms with Crippen LogP contribution in [0.5, 0.6) is 5.75 Å². The summed E-state index contributed by atoms with van der Waals surface area (Å²) < 4.78 is 6.36. The van der Waals surface area contributed by atoms with Crippen LogP contribution < -0.4 is 10.1 Å². The van der Waals surface area contributed by atoms with E-state index in [2.05, 4.69) is 58.5 Å². The van der Waals surface area contributed by atoms with Crippen LogP contribution >= 0.6 is 15.9 Å². The summed E-state index contributed by atoms with van der Waals surface area (Å²) >= 11 is 3.51. The van der Waals surface area contributed by atoms with Gasteiger partial charge in [-0.25, -0.2) is 0 Å². The zero-order valence-electron chi connectivity index (χ0n) is 11.9. The van der Waals surface area contributed by atoms with E-state index in [9.17, 15) is 0 Å². The Kier molecular flexibility index (Phi) is 5.62. The van der Waals surface area contributed by atoms with Gasteiger partial charge in [-0.2, -0.15) is 0 Å². The molecule has 0 radical (unpaired) electrons. The lowest BCUT2D eigenvalue weighted by Gasteiger charge is -2.14.